The molecule has 0 saturated heterocycles. The van der Waals surface area contributed by atoms with E-state index in [9.17, 15) is 0 Å². The third-order valence-corrected chi connectivity index (χ3v) is 4.91. The van der Waals surface area contributed by atoms with Crippen LogP contribution >= 0.6 is 11.8 Å². The van der Waals surface area contributed by atoms with Gasteiger partial charge in [0.25, 0.3) is 0 Å². The molecule has 1 aliphatic heterocycles. The predicted molar refractivity (Wildman–Crippen MR) is 71.3 cm³/mol. The van der Waals surface area contributed by atoms with Gasteiger partial charge in [-0.25, -0.2) is 0 Å². The minimum atomic E-state index is 0.809. The largest absolute Gasteiger partial charge is 0.358 e. The molecule has 1 aromatic carbocycles. The zero-order chi connectivity index (χ0) is 11.0. The van der Waals surface area contributed by atoms with Crippen molar-refractivity contribution in [3.8, 4) is 0 Å². The van der Waals surface area contributed by atoms with Crippen LogP contribution in [0.15, 0.2) is 23.1 Å². The molecule has 2 aliphatic rings. The number of rotatable bonds is 1. The van der Waals surface area contributed by atoms with Crippen LogP contribution in [0.5, 0.6) is 0 Å². The van der Waals surface area contributed by atoms with Crippen LogP contribution in [0.25, 0.3) is 0 Å². The number of fused-ring (bicyclic) bond motifs is 1. The molecule has 16 heavy (non-hydrogen) atoms. The second-order valence-electron chi connectivity index (χ2n) is 4.96. The first-order valence-electron chi connectivity index (χ1n) is 6.35. The average Bonchev–Trinajstić information content (AvgIpc) is 2.75. The van der Waals surface area contributed by atoms with E-state index < -0.39 is 0 Å². The lowest BCUT2D eigenvalue weighted by atomic mass is 9.94. The normalized spacial score (nSPS) is 21.2. The highest BCUT2D eigenvalue weighted by molar-refractivity contribution is 7.99. The Balaban J connectivity index is 1.89. The fraction of sp³-hybridized carbons (Fsp3) is 0.571. The SMILES string of the molecule is Cc1cccc2c1N(C1CCCCC1)CS2. The van der Waals surface area contributed by atoms with Gasteiger partial charge in [0.2, 0.25) is 0 Å². The molecule has 1 nitrogen and oxygen atoms in total. The van der Waals surface area contributed by atoms with Crippen LogP contribution < -0.4 is 4.90 Å². The van der Waals surface area contributed by atoms with Crippen LogP contribution in [0.2, 0.25) is 0 Å². The zero-order valence-electron chi connectivity index (χ0n) is 9.91. The Labute approximate surface area is 102 Å². The van der Waals surface area contributed by atoms with Crippen LogP contribution in [-0.2, 0) is 0 Å². The van der Waals surface area contributed by atoms with Crippen molar-refractivity contribution in [2.24, 2.45) is 0 Å². The van der Waals surface area contributed by atoms with Crippen molar-refractivity contribution in [2.75, 3.05) is 10.8 Å². The number of thioether (sulfide) groups is 1. The Hall–Kier alpha value is -0.630. The van der Waals surface area contributed by atoms with Gasteiger partial charge in [0.1, 0.15) is 0 Å². The lowest BCUT2D eigenvalue weighted by Gasteiger charge is -2.33. The van der Waals surface area contributed by atoms with E-state index in [0.29, 0.717) is 0 Å². The van der Waals surface area contributed by atoms with Gasteiger partial charge < -0.3 is 4.90 Å². The number of nitrogens with zero attached hydrogens (tertiary/aromatic N) is 1. The van der Waals surface area contributed by atoms with Crippen LogP contribution in [0.3, 0.4) is 0 Å². The quantitative estimate of drug-likeness (QED) is 0.715. The van der Waals surface area contributed by atoms with E-state index in [0.717, 1.165) is 6.04 Å². The van der Waals surface area contributed by atoms with Crippen molar-refractivity contribution in [3.63, 3.8) is 0 Å². The van der Waals surface area contributed by atoms with Gasteiger partial charge in [-0.15, -0.1) is 11.8 Å². The molecular formula is C14H19NS. The van der Waals surface area contributed by atoms with E-state index in [1.807, 2.05) is 11.8 Å². The van der Waals surface area contributed by atoms with Crippen molar-refractivity contribution in [1.82, 2.24) is 0 Å². The van der Waals surface area contributed by atoms with E-state index in [1.54, 1.807) is 0 Å². The molecule has 3 rings (SSSR count). The smallest absolute Gasteiger partial charge is 0.0690 e. The highest BCUT2D eigenvalue weighted by Crippen LogP contribution is 2.43. The maximum absolute atomic E-state index is 2.66. The van der Waals surface area contributed by atoms with E-state index in [4.69, 9.17) is 0 Å². The molecule has 1 aromatic rings. The lowest BCUT2D eigenvalue weighted by molar-refractivity contribution is 0.425. The zero-order valence-corrected chi connectivity index (χ0v) is 10.7. The minimum absolute atomic E-state index is 0.809. The molecule has 86 valence electrons. The monoisotopic (exact) mass is 233 g/mol. The van der Waals surface area contributed by atoms with Crippen molar-refractivity contribution in [3.05, 3.63) is 23.8 Å². The third kappa shape index (κ3) is 1.73. The maximum Gasteiger partial charge on any atom is 0.0690 e. The lowest BCUT2D eigenvalue weighted by Crippen LogP contribution is -2.34. The summed E-state index contributed by atoms with van der Waals surface area (Å²) in [5.74, 6) is 1.17. The number of para-hydroxylation sites is 1. The Morgan fingerprint density at radius 3 is 2.81 bits per heavy atom. The number of hydrogen-bond donors (Lipinski definition) is 0. The summed E-state index contributed by atoms with van der Waals surface area (Å²) in [5, 5.41) is 0. The number of benzene rings is 1. The van der Waals surface area contributed by atoms with Crippen LogP contribution in [0.4, 0.5) is 5.69 Å². The highest BCUT2D eigenvalue weighted by Gasteiger charge is 2.28. The van der Waals surface area contributed by atoms with Gasteiger partial charge in [-0.1, -0.05) is 31.4 Å². The van der Waals surface area contributed by atoms with E-state index in [2.05, 4.69) is 30.0 Å². The number of hydrogen-bond acceptors (Lipinski definition) is 2. The van der Waals surface area contributed by atoms with E-state index in [-0.39, 0.29) is 0 Å². The number of aryl methyl sites for hydroxylation is 1. The molecule has 1 aliphatic carbocycles. The summed E-state index contributed by atoms with van der Waals surface area (Å²) in [6.07, 6.45) is 7.08. The van der Waals surface area contributed by atoms with Gasteiger partial charge in [0.15, 0.2) is 0 Å². The molecule has 0 unspecified atom stereocenters. The Kier molecular flexibility index (Phi) is 2.84. The topological polar surface area (TPSA) is 3.24 Å². The molecule has 0 bridgehead atoms. The standard InChI is InChI=1S/C14H19NS/c1-11-6-5-9-13-14(11)15(10-16-13)12-7-3-2-4-8-12/h5-6,9,12H,2-4,7-8,10H2,1H3. The first-order chi connectivity index (χ1) is 7.86. The van der Waals surface area contributed by atoms with E-state index >= 15 is 0 Å². The summed E-state index contributed by atoms with van der Waals surface area (Å²) >= 11 is 2.01. The third-order valence-electron chi connectivity index (χ3n) is 3.86. The van der Waals surface area contributed by atoms with Crippen molar-refractivity contribution < 1.29 is 0 Å². The molecule has 1 saturated carbocycles. The minimum Gasteiger partial charge on any atom is -0.358 e. The second-order valence-corrected chi connectivity index (χ2v) is 5.94. The first kappa shape index (κ1) is 10.5. The molecule has 1 fully saturated rings. The van der Waals surface area contributed by atoms with Crippen molar-refractivity contribution >= 4 is 17.4 Å². The Morgan fingerprint density at radius 2 is 2.00 bits per heavy atom. The van der Waals surface area contributed by atoms with Gasteiger partial charge >= 0.3 is 0 Å². The van der Waals surface area contributed by atoms with Gasteiger partial charge in [0.05, 0.1) is 11.6 Å². The fourth-order valence-electron chi connectivity index (χ4n) is 3.00. The molecule has 0 spiro atoms. The Bertz CT molecular complexity index is 382. The summed E-state index contributed by atoms with van der Waals surface area (Å²) in [4.78, 5) is 4.15. The van der Waals surface area contributed by atoms with Gasteiger partial charge in [-0.2, -0.15) is 0 Å². The van der Waals surface area contributed by atoms with E-state index in [1.165, 1.54) is 54.1 Å². The van der Waals surface area contributed by atoms with Crippen LogP contribution in [0, 0.1) is 6.92 Å². The molecule has 0 atom stereocenters. The summed E-state index contributed by atoms with van der Waals surface area (Å²) in [5.41, 5.74) is 2.98. The molecule has 0 aromatic heterocycles. The summed E-state index contributed by atoms with van der Waals surface area (Å²) < 4.78 is 0. The fourth-order valence-corrected chi connectivity index (χ4v) is 4.21. The second kappa shape index (κ2) is 4.33. The summed E-state index contributed by atoms with van der Waals surface area (Å²) in [7, 11) is 0. The van der Waals surface area contributed by atoms with Crippen molar-refractivity contribution in [1.29, 1.82) is 0 Å². The van der Waals surface area contributed by atoms with Gasteiger partial charge in [0, 0.05) is 10.9 Å². The first-order valence-corrected chi connectivity index (χ1v) is 7.34. The highest BCUT2D eigenvalue weighted by atomic mass is 32.2. The molecular weight excluding hydrogens is 214 g/mol. The van der Waals surface area contributed by atoms with Crippen LogP contribution in [0.1, 0.15) is 37.7 Å². The Morgan fingerprint density at radius 1 is 1.19 bits per heavy atom. The molecule has 0 amide bonds. The molecule has 1 heterocycles. The van der Waals surface area contributed by atoms with Crippen molar-refractivity contribution in [2.45, 2.75) is 50.0 Å². The summed E-state index contributed by atoms with van der Waals surface area (Å²) in [6, 6.07) is 7.52. The van der Waals surface area contributed by atoms with Crippen LogP contribution in [-0.4, -0.2) is 11.9 Å². The predicted octanol–water partition coefficient (Wildman–Crippen LogP) is 4.20. The average molecular weight is 233 g/mol. The van der Waals surface area contributed by atoms with Gasteiger partial charge in [-0.05, 0) is 31.4 Å². The number of anilines is 1. The van der Waals surface area contributed by atoms with Gasteiger partial charge in [-0.3, -0.25) is 0 Å². The summed E-state index contributed by atoms with van der Waals surface area (Å²) in [6.45, 7) is 2.25. The molecule has 2 heteroatoms. The molecule has 0 N–H and O–H groups in total. The maximum atomic E-state index is 2.66. The molecule has 0 radical (unpaired) electrons.